The van der Waals surface area contributed by atoms with Gasteiger partial charge in [-0.3, -0.25) is 10.1 Å². The van der Waals surface area contributed by atoms with Gasteiger partial charge in [-0.1, -0.05) is 0 Å². The first kappa shape index (κ1) is 15.4. The Kier molecular flexibility index (Phi) is 4.79. The van der Waals surface area contributed by atoms with Crippen LogP contribution in [0, 0.1) is 25.4 Å². The Morgan fingerprint density at radius 1 is 1.60 bits per heavy atom. The highest BCUT2D eigenvalue weighted by atomic mass is 127. The third-order valence-electron chi connectivity index (χ3n) is 3.76. The number of nitro benzene ring substituents is 1. The second-order valence-electron chi connectivity index (χ2n) is 5.22. The summed E-state index contributed by atoms with van der Waals surface area (Å²) in [6, 6.07) is 2.59. The van der Waals surface area contributed by atoms with Crippen molar-refractivity contribution in [1.29, 1.82) is 0 Å². The van der Waals surface area contributed by atoms with Gasteiger partial charge in [-0.05, 0) is 48.3 Å². The van der Waals surface area contributed by atoms with Crippen LogP contribution in [0.15, 0.2) is 12.1 Å². The van der Waals surface area contributed by atoms with E-state index in [0.717, 1.165) is 12.8 Å². The molecule has 0 spiro atoms. The van der Waals surface area contributed by atoms with Crippen LogP contribution in [0.3, 0.4) is 0 Å². The van der Waals surface area contributed by atoms with Crippen LogP contribution in [0.1, 0.15) is 19.8 Å². The van der Waals surface area contributed by atoms with E-state index in [1.807, 2.05) is 11.8 Å². The van der Waals surface area contributed by atoms with Crippen molar-refractivity contribution < 1.29 is 9.31 Å². The molecule has 2 unspecified atom stereocenters. The van der Waals surface area contributed by atoms with Gasteiger partial charge in [-0.25, -0.2) is 4.39 Å². The lowest BCUT2D eigenvalue weighted by molar-refractivity contribution is -0.384. The van der Waals surface area contributed by atoms with Gasteiger partial charge in [0.1, 0.15) is 11.5 Å². The predicted molar refractivity (Wildman–Crippen MR) is 84.4 cm³/mol. The lowest BCUT2D eigenvalue weighted by Gasteiger charge is -2.35. The van der Waals surface area contributed by atoms with Crippen LogP contribution >= 0.6 is 22.6 Å². The van der Waals surface area contributed by atoms with Crippen molar-refractivity contribution in [3.63, 3.8) is 0 Å². The largest absolute Gasteiger partial charge is 0.366 e. The Hall–Kier alpha value is -0.960. The van der Waals surface area contributed by atoms with Crippen molar-refractivity contribution in [2.75, 3.05) is 18.0 Å². The van der Waals surface area contributed by atoms with Crippen molar-refractivity contribution in [2.24, 2.45) is 11.7 Å². The monoisotopic (exact) mass is 393 g/mol. The number of rotatable bonds is 3. The van der Waals surface area contributed by atoms with E-state index in [1.54, 1.807) is 22.6 Å². The van der Waals surface area contributed by atoms with Crippen LogP contribution in [0.5, 0.6) is 0 Å². The van der Waals surface area contributed by atoms with E-state index >= 15 is 0 Å². The summed E-state index contributed by atoms with van der Waals surface area (Å²) in [5, 5.41) is 11.2. The molecule has 1 aromatic rings. The van der Waals surface area contributed by atoms with Crippen LogP contribution in [-0.2, 0) is 0 Å². The zero-order chi connectivity index (χ0) is 14.9. The first-order valence-corrected chi connectivity index (χ1v) is 7.62. The van der Waals surface area contributed by atoms with E-state index in [0.29, 0.717) is 18.8 Å². The fourth-order valence-corrected chi connectivity index (χ4v) is 3.03. The van der Waals surface area contributed by atoms with Crippen LogP contribution in [-0.4, -0.2) is 24.1 Å². The highest BCUT2D eigenvalue weighted by molar-refractivity contribution is 14.1. The van der Waals surface area contributed by atoms with Crippen molar-refractivity contribution in [2.45, 2.75) is 25.8 Å². The highest BCUT2D eigenvalue weighted by Crippen LogP contribution is 2.34. The van der Waals surface area contributed by atoms with Gasteiger partial charge in [0.05, 0.1) is 8.49 Å². The number of piperidine rings is 1. The van der Waals surface area contributed by atoms with Crippen molar-refractivity contribution in [1.82, 2.24) is 0 Å². The third kappa shape index (κ3) is 3.20. The van der Waals surface area contributed by atoms with E-state index in [1.165, 1.54) is 12.1 Å². The molecule has 1 heterocycles. The summed E-state index contributed by atoms with van der Waals surface area (Å²) < 4.78 is 14.0. The molecule has 0 aliphatic carbocycles. The van der Waals surface area contributed by atoms with Gasteiger partial charge in [-0.2, -0.15) is 0 Å². The van der Waals surface area contributed by atoms with E-state index in [2.05, 4.69) is 0 Å². The minimum atomic E-state index is -0.452. The van der Waals surface area contributed by atoms with E-state index in [9.17, 15) is 14.5 Å². The Morgan fingerprint density at radius 3 is 2.90 bits per heavy atom. The second kappa shape index (κ2) is 6.21. The van der Waals surface area contributed by atoms with Gasteiger partial charge in [0.15, 0.2) is 0 Å². The van der Waals surface area contributed by atoms with E-state index in [4.69, 9.17) is 5.73 Å². The van der Waals surface area contributed by atoms with Gasteiger partial charge in [0.25, 0.3) is 5.69 Å². The first-order valence-electron chi connectivity index (χ1n) is 6.54. The Balaban J connectivity index is 2.36. The minimum Gasteiger partial charge on any atom is -0.366 e. The lowest BCUT2D eigenvalue weighted by Crippen LogP contribution is -2.42. The Labute approximate surface area is 130 Å². The fourth-order valence-electron chi connectivity index (χ4n) is 2.58. The summed E-state index contributed by atoms with van der Waals surface area (Å²) in [7, 11) is 0. The zero-order valence-electron chi connectivity index (χ0n) is 11.2. The average Bonchev–Trinajstić information content (AvgIpc) is 2.41. The molecule has 1 aromatic carbocycles. The summed E-state index contributed by atoms with van der Waals surface area (Å²) in [5.74, 6) is -0.139. The van der Waals surface area contributed by atoms with Crippen LogP contribution in [0.4, 0.5) is 15.8 Å². The number of nitrogens with zero attached hydrogens (tertiary/aromatic N) is 2. The molecule has 7 heteroatoms. The molecule has 0 saturated carbocycles. The summed E-state index contributed by atoms with van der Waals surface area (Å²) >= 11 is 1.77. The average molecular weight is 393 g/mol. The molecule has 0 aromatic heterocycles. The van der Waals surface area contributed by atoms with Gasteiger partial charge >= 0.3 is 0 Å². The molecular formula is C13H17FIN3O2. The van der Waals surface area contributed by atoms with Crippen LogP contribution in [0.25, 0.3) is 0 Å². The molecule has 2 rings (SSSR count). The van der Waals surface area contributed by atoms with Gasteiger partial charge in [0.2, 0.25) is 0 Å². The summed E-state index contributed by atoms with van der Waals surface area (Å²) in [4.78, 5) is 12.6. The number of hydrogen-bond acceptors (Lipinski definition) is 4. The SMILES string of the molecule is CC(N)C1CCCN(c2cc(F)c(I)cc2[N+](=O)[O-])C1. The number of hydrogen-bond donors (Lipinski definition) is 1. The number of benzene rings is 1. The summed E-state index contributed by atoms with van der Waals surface area (Å²) in [6.45, 7) is 3.28. The van der Waals surface area contributed by atoms with Gasteiger partial charge in [-0.15, -0.1) is 0 Å². The molecule has 1 aliphatic heterocycles. The first-order chi connectivity index (χ1) is 9.40. The summed E-state index contributed by atoms with van der Waals surface area (Å²) in [6.07, 6.45) is 1.92. The Morgan fingerprint density at radius 2 is 2.30 bits per heavy atom. The molecule has 2 N–H and O–H groups in total. The molecule has 0 amide bonds. The lowest BCUT2D eigenvalue weighted by atomic mass is 9.92. The number of nitro groups is 1. The van der Waals surface area contributed by atoms with Crippen molar-refractivity contribution >= 4 is 34.0 Å². The smallest absolute Gasteiger partial charge is 0.293 e. The summed E-state index contributed by atoms with van der Waals surface area (Å²) in [5.41, 5.74) is 6.24. The van der Waals surface area contributed by atoms with Crippen molar-refractivity contribution in [3.05, 3.63) is 31.6 Å². The van der Waals surface area contributed by atoms with Crippen molar-refractivity contribution in [3.8, 4) is 0 Å². The third-order valence-corrected chi connectivity index (χ3v) is 4.58. The zero-order valence-corrected chi connectivity index (χ0v) is 13.3. The van der Waals surface area contributed by atoms with Gasteiger partial charge in [0, 0.05) is 31.3 Å². The highest BCUT2D eigenvalue weighted by Gasteiger charge is 2.28. The molecule has 0 bridgehead atoms. The predicted octanol–water partition coefficient (Wildman–Crippen LogP) is 2.90. The van der Waals surface area contributed by atoms with E-state index in [-0.39, 0.29) is 21.2 Å². The molecule has 1 saturated heterocycles. The molecule has 1 fully saturated rings. The Bertz CT molecular complexity index is 525. The van der Waals surface area contributed by atoms with Crippen LogP contribution in [0.2, 0.25) is 0 Å². The van der Waals surface area contributed by atoms with E-state index < -0.39 is 10.7 Å². The molecule has 2 atom stereocenters. The quantitative estimate of drug-likeness (QED) is 0.487. The molecular weight excluding hydrogens is 376 g/mol. The second-order valence-corrected chi connectivity index (χ2v) is 6.38. The standard InChI is InChI=1S/C13H17FIN3O2/c1-8(16)9-3-2-4-17(7-9)12-5-10(14)11(15)6-13(12)18(19)20/h5-6,8-9H,2-4,7,16H2,1H3. The number of halogens is 2. The molecule has 5 nitrogen and oxygen atoms in total. The number of anilines is 1. The minimum absolute atomic E-state index is 0.0329. The fraction of sp³-hybridized carbons (Fsp3) is 0.538. The normalized spacial score (nSPS) is 20.8. The van der Waals surface area contributed by atoms with Crippen LogP contribution < -0.4 is 10.6 Å². The molecule has 110 valence electrons. The maximum atomic E-state index is 13.8. The topological polar surface area (TPSA) is 72.4 Å². The maximum Gasteiger partial charge on any atom is 0.293 e. The molecule has 0 radical (unpaired) electrons. The molecule has 1 aliphatic rings. The number of nitrogens with two attached hydrogens (primary N) is 1. The van der Waals surface area contributed by atoms with Gasteiger partial charge < -0.3 is 10.6 Å². The molecule has 20 heavy (non-hydrogen) atoms. The maximum absolute atomic E-state index is 13.8.